The van der Waals surface area contributed by atoms with Crippen molar-refractivity contribution in [3.63, 3.8) is 0 Å². The van der Waals surface area contributed by atoms with Crippen LogP contribution in [0.4, 0.5) is 0 Å². The third-order valence-corrected chi connectivity index (χ3v) is 3.23. The van der Waals surface area contributed by atoms with Gasteiger partial charge in [0.2, 0.25) is 5.89 Å². The molecule has 0 aliphatic heterocycles. The molecule has 1 aromatic heterocycles. The van der Waals surface area contributed by atoms with Crippen LogP contribution in [0.25, 0.3) is 11.3 Å². The van der Waals surface area contributed by atoms with Crippen LogP contribution in [0.5, 0.6) is 11.5 Å². The fraction of sp³-hybridized carbons (Fsp3) is 0.438. The van der Waals surface area contributed by atoms with E-state index in [9.17, 15) is 0 Å². The highest BCUT2D eigenvalue weighted by atomic mass is 16.5. The molecule has 1 heterocycles. The molecule has 1 aromatic carbocycles. The Labute approximate surface area is 125 Å². The van der Waals surface area contributed by atoms with Crippen LogP contribution >= 0.6 is 0 Å². The molecule has 0 radical (unpaired) electrons. The van der Waals surface area contributed by atoms with E-state index in [0.717, 1.165) is 30.0 Å². The lowest BCUT2D eigenvalue weighted by atomic mass is 10.1. The Morgan fingerprint density at radius 2 is 1.86 bits per heavy atom. The topological polar surface area (TPSA) is 56.5 Å². The standard InChI is InChI=1S/C16H22N2O3/c1-5-6-17-11(2)16-18-10-15(21-16)12-7-13(19-3)9-14(8-12)20-4/h7-11,17H,5-6H2,1-4H3. The number of nitrogens with one attached hydrogen (secondary N) is 1. The molecule has 1 N–H and O–H groups in total. The van der Waals surface area contributed by atoms with E-state index in [1.165, 1.54) is 0 Å². The van der Waals surface area contributed by atoms with Gasteiger partial charge in [0.05, 0.1) is 26.5 Å². The lowest BCUT2D eigenvalue weighted by molar-refractivity contribution is 0.393. The zero-order valence-electron chi connectivity index (χ0n) is 13.0. The van der Waals surface area contributed by atoms with Crippen LogP contribution < -0.4 is 14.8 Å². The molecular weight excluding hydrogens is 268 g/mol. The van der Waals surface area contributed by atoms with Crippen LogP contribution in [-0.2, 0) is 0 Å². The normalized spacial score (nSPS) is 12.2. The zero-order chi connectivity index (χ0) is 15.2. The summed E-state index contributed by atoms with van der Waals surface area (Å²) in [6.45, 7) is 5.10. The highest BCUT2D eigenvalue weighted by molar-refractivity contribution is 5.62. The minimum Gasteiger partial charge on any atom is -0.497 e. The van der Waals surface area contributed by atoms with Crippen molar-refractivity contribution in [2.45, 2.75) is 26.3 Å². The van der Waals surface area contributed by atoms with Crippen molar-refractivity contribution >= 4 is 0 Å². The molecule has 0 fully saturated rings. The molecular formula is C16H22N2O3. The smallest absolute Gasteiger partial charge is 0.211 e. The largest absolute Gasteiger partial charge is 0.497 e. The molecule has 1 unspecified atom stereocenters. The predicted molar refractivity (Wildman–Crippen MR) is 81.8 cm³/mol. The van der Waals surface area contributed by atoms with E-state index in [4.69, 9.17) is 13.9 Å². The lowest BCUT2D eigenvalue weighted by Gasteiger charge is -2.09. The van der Waals surface area contributed by atoms with E-state index in [1.807, 2.05) is 25.1 Å². The van der Waals surface area contributed by atoms with Crippen LogP contribution in [0.15, 0.2) is 28.8 Å². The summed E-state index contributed by atoms with van der Waals surface area (Å²) in [5.74, 6) is 2.83. The molecule has 21 heavy (non-hydrogen) atoms. The second-order valence-electron chi connectivity index (χ2n) is 4.84. The third kappa shape index (κ3) is 3.76. The van der Waals surface area contributed by atoms with Crippen molar-refractivity contribution in [1.82, 2.24) is 10.3 Å². The maximum Gasteiger partial charge on any atom is 0.211 e. The molecule has 114 valence electrons. The quantitative estimate of drug-likeness (QED) is 0.846. The van der Waals surface area contributed by atoms with Crippen LogP contribution in [0.2, 0.25) is 0 Å². The molecule has 0 aliphatic carbocycles. The number of methoxy groups -OCH3 is 2. The fourth-order valence-corrected chi connectivity index (χ4v) is 2.02. The van der Waals surface area contributed by atoms with Crippen molar-refractivity contribution in [3.8, 4) is 22.8 Å². The van der Waals surface area contributed by atoms with Gasteiger partial charge in [0.25, 0.3) is 0 Å². The summed E-state index contributed by atoms with van der Waals surface area (Å²) in [7, 11) is 3.25. The first-order valence-electron chi connectivity index (χ1n) is 7.10. The van der Waals surface area contributed by atoms with Gasteiger partial charge in [-0.15, -0.1) is 0 Å². The van der Waals surface area contributed by atoms with Gasteiger partial charge in [-0.3, -0.25) is 0 Å². The zero-order valence-corrected chi connectivity index (χ0v) is 13.0. The van der Waals surface area contributed by atoms with Crippen LogP contribution in [0, 0.1) is 0 Å². The Morgan fingerprint density at radius 1 is 1.19 bits per heavy atom. The van der Waals surface area contributed by atoms with E-state index < -0.39 is 0 Å². The number of hydrogen-bond acceptors (Lipinski definition) is 5. The van der Waals surface area contributed by atoms with Gasteiger partial charge in [-0.05, 0) is 32.0 Å². The molecule has 0 bridgehead atoms. The van der Waals surface area contributed by atoms with E-state index in [-0.39, 0.29) is 6.04 Å². The Hall–Kier alpha value is -2.01. The predicted octanol–water partition coefficient (Wildman–Crippen LogP) is 3.42. The van der Waals surface area contributed by atoms with Crippen molar-refractivity contribution < 1.29 is 13.9 Å². The molecule has 5 nitrogen and oxygen atoms in total. The molecule has 1 atom stereocenters. The first kappa shape index (κ1) is 15.4. The molecule has 0 spiro atoms. The molecule has 5 heteroatoms. The average Bonchev–Trinajstić information content (AvgIpc) is 3.02. The van der Waals surface area contributed by atoms with Crippen LogP contribution in [-0.4, -0.2) is 25.7 Å². The van der Waals surface area contributed by atoms with Crippen molar-refractivity contribution in [3.05, 3.63) is 30.3 Å². The molecule has 0 saturated heterocycles. The van der Waals surface area contributed by atoms with Gasteiger partial charge in [0.1, 0.15) is 11.5 Å². The first-order valence-corrected chi connectivity index (χ1v) is 7.10. The summed E-state index contributed by atoms with van der Waals surface area (Å²) in [5, 5.41) is 3.35. The van der Waals surface area contributed by atoms with Gasteiger partial charge >= 0.3 is 0 Å². The second kappa shape index (κ2) is 7.13. The van der Waals surface area contributed by atoms with Gasteiger partial charge in [-0.1, -0.05) is 6.92 Å². The monoisotopic (exact) mass is 290 g/mol. The van der Waals surface area contributed by atoms with Crippen molar-refractivity contribution in [1.29, 1.82) is 0 Å². The Kier molecular flexibility index (Phi) is 5.22. The summed E-state index contributed by atoms with van der Waals surface area (Å²) in [4.78, 5) is 4.35. The molecule has 0 amide bonds. The van der Waals surface area contributed by atoms with Gasteiger partial charge in [-0.2, -0.15) is 0 Å². The summed E-state index contributed by atoms with van der Waals surface area (Å²) in [6, 6.07) is 5.71. The van der Waals surface area contributed by atoms with Gasteiger partial charge in [-0.25, -0.2) is 4.98 Å². The number of hydrogen-bond donors (Lipinski definition) is 1. The fourth-order valence-electron chi connectivity index (χ4n) is 2.02. The summed E-state index contributed by atoms with van der Waals surface area (Å²) in [6.07, 6.45) is 2.80. The summed E-state index contributed by atoms with van der Waals surface area (Å²) < 4.78 is 16.4. The van der Waals surface area contributed by atoms with Crippen molar-refractivity contribution in [2.24, 2.45) is 0 Å². The van der Waals surface area contributed by atoms with E-state index in [0.29, 0.717) is 11.7 Å². The highest BCUT2D eigenvalue weighted by Crippen LogP contribution is 2.30. The first-order chi connectivity index (χ1) is 10.2. The van der Waals surface area contributed by atoms with Gasteiger partial charge in [0, 0.05) is 11.6 Å². The third-order valence-electron chi connectivity index (χ3n) is 3.23. The summed E-state index contributed by atoms with van der Waals surface area (Å²) in [5.41, 5.74) is 0.882. The van der Waals surface area contributed by atoms with Crippen LogP contribution in [0.3, 0.4) is 0 Å². The Balaban J connectivity index is 2.24. The summed E-state index contributed by atoms with van der Waals surface area (Å²) >= 11 is 0. The number of aromatic nitrogens is 1. The molecule has 2 aromatic rings. The van der Waals surface area contributed by atoms with E-state index in [1.54, 1.807) is 20.4 Å². The minimum atomic E-state index is 0.0891. The van der Waals surface area contributed by atoms with E-state index >= 15 is 0 Å². The minimum absolute atomic E-state index is 0.0891. The molecule has 0 saturated carbocycles. The van der Waals surface area contributed by atoms with Crippen LogP contribution in [0.1, 0.15) is 32.2 Å². The maximum absolute atomic E-state index is 5.84. The average molecular weight is 290 g/mol. The van der Waals surface area contributed by atoms with Gasteiger partial charge in [0.15, 0.2) is 5.76 Å². The number of oxazole rings is 1. The Bertz CT molecular complexity index is 558. The number of ether oxygens (including phenoxy) is 2. The maximum atomic E-state index is 5.84. The van der Waals surface area contributed by atoms with E-state index in [2.05, 4.69) is 17.2 Å². The van der Waals surface area contributed by atoms with Gasteiger partial charge < -0.3 is 19.2 Å². The second-order valence-corrected chi connectivity index (χ2v) is 4.84. The number of benzene rings is 1. The van der Waals surface area contributed by atoms with Crippen molar-refractivity contribution in [2.75, 3.05) is 20.8 Å². The highest BCUT2D eigenvalue weighted by Gasteiger charge is 2.14. The number of rotatable bonds is 7. The SMILES string of the molecule is CCCNC(C)c1ncc(-c2cc(OC)cc(OC)c2)o1. The Morgan fingerprint density at radius 3 is 2.43 bits per heavy atom. The molecule has 0 aliphatic rings. The lowest BCUT2D eigenvalue weighted by Crippen LogP contribution is -2.19. The number of nitrogens with zero attached hydrogens (tertiary/aromatic N) is 1. The molecule has 2 rings (SSSR count).